The third kappa shape index (κ3) is 2.81. The molecule has 0 saturated carbocycles. The van der Waals surface area contributed by atoms with E-state index in [-0.39, 0.29) is 11.4 Å². The van der Waals surface area contributed by atoms with Gasteiger partial charge in [0.15, 0.2) is 28.1 Å². The van der Waals surface area contributed by atoms with Crippen LogP contribution < -0.4 is 15.7 Å². The SMILES string of the molecule is CC[n+]1c(-c2c(N)n(Nc3ccccc3)c3nc(C#N)c(C#N)nc23)[nH]c2ccccc21. The number of hydrogen-bond acceptors (Lipinski definition) is 6. The number of rotatable bonds is 4. The fourth-order valence-electron chi connectivity index (χ4n) is 3.90. The molecule has 3 aromatic heterocycles. The Kier molecular flexibility index (Phi) is 4.43. The third-order valence-electron chi connectivity index (χ3n) is 5.32. The number of aromatic amines is 1. The topological polar surface area (TPSA) is 136 Å². The Bertz CT molecular complexity index is 1560. The standard InChI is InChI=1S/C23H17N9/c1-2-31-18-11-7-6-10-15(18)28-22(31)19-20-23(29-17(13-25)16(12-24)27-20)32(21(19)26)30-14-8-4-3-5-9-14/h3-11,30H,2H2,1H3,(H2,26,27,28)/p+1. The molecule has 0 amide bonds. The zero-order chi connectivity index (χ0) is 22.2. The molecule has 0 aliphatic carbocycles. The lowest BCUT2D eigenvalue weighted by atomic mass is 10.2. The van der Waals surface area contributed by atoms with Gasteiger partial charge in [0.25, 0.3) is 5.82 Å². The Balaban J connectivity index is 1.87. The minimum Gasteiger partial charge on any atom is -0.383 e. The Morgan fingerprint density at radius 1 is 1.03 bits per heavy atom. The number of nitrogen functional groups attached to an aromatic ring is 1. The molecule has 0 radical (unpaired) electrons. The van der Waals surface area contributed by atoms with Crippen molar-refractivity contribution in [1.82, 2.24) is 19.6 Å². The number of aromatic nitrogens is 5. The Hall–Kier alpha value is -4.89. The van der Waals surface area contributed by atoms with Gasteiger partial charge in [-0.1, -0.05) is 30.3 Å². The largest absolute Gasteiger partial charge is 0.383 e. The number of anilines is 2. The maximum Gasteiger partial charge on any atom is 0.293 e. The van der Waals surface area contributed by atoms with Gasteiger partial charge in [0, 0.05) is 0 Å². The van der Waals surface area contributed by atoms with Gasteiger partial charge in [-0.15, -0.1) is 0 Å². The van der Waals surface area contributed by atoms with Crippen molar-refractivity contribution in [2.45, 2.75) is 13.5 Å². The molecule has 3 heterocycles. The molecule has 0 aliphatic rings. The van der Waals surface area contributed by atoms with Crippen LogP contribution in [0, 0.1) is 22.7 Å². The minimum atomic E-state index is -0.0554. The number of nitriles is 2. The van der Waals surface area contributed by atoms with Gasteiger partial charge in [-0.3, -0.25) is 5.43 Å². The summed E-state index contributed by atoms with van der Waals surface area (Å²) in [5.41, 5.74) is 13.9. The second-order valence-electron chi connectivity index (χ2n) is 7.13. The van der Waals surface area contributed by atoms with E-state index in [0.29, 0.717) is 29.1 Å². The van der Waals surface area contributed by atoms with E-state index >= 15 is 0 Å². The molecule has 0 bridgehead atoms. The number of nitrogens with zero attached hydrogens (tertiary/aromatic N) is 6. The molecule has 0 unspecified atom stereocenters. The quantitative estimate of drug-likeness (QED) is 0.382. The van der Waals surface area contributed by atoms with Crippen LogP contribution in [0.1, 0.15) is 18.3 Å². The molecule has 0 atom stereocenters. The molecular formula is C23H18N9+. The summed E-state index contributed by atoms with van der Waals surface area (Å²) in [6.07, 6.45) is 0. The predicted octanol–water partition coefficient (Wildman–Crippen LogP) is 3.09. The van der Waals surface area contributed by atoms with Crippen LogP contribution in [0.4, 0.5) is 11.5 Å². The second kappa shape index (κ2) is 7.42. The van der Waals surface area contributed by atoms with Crippen LogP contribution in [0.2, 0.25) is 0 Å². The van der Waals surface area contributed by atoms with Crippen LogP contribution >= 0.6 is 0 Å². The highest BCUT2D eigenvalue weighted by atomic mass is 15.5. The average Bonchev–Trinajstić information content (AvgIpc) is 3.32. The fraction of sp³-hybridized carbons (Fsp3) is 0.0870. The van der Waals surface area contributed by atoms with Gasteiger partial charge < -0.3 is 5.73 Å². The first-order valence-electron chi connectivity index (χ1n) is 10.0. The molecule has 32 heavy (non-hydrogen) atoms. The summed E-state index contributed by atoms with van der Waals surface area (Å²) in [5.74, 6) is 1.10. The van der Waals surface area contributed by atoms with E-state index in [2.05, 4.69) is 24.9 Å². The number of fused-ring (bicyclic) bond motifs is 2. The molecule has 9 heteroatoms. The molecule has 0 spiro atoms. The van der Waals surface area contributed by atoms with Crippen molar-refractivity contribution in [1.29, 1.82) is 10.5 Å². The summed E-state index contributed by atoms with van der Waals surface area (Å²) in [6, 6.07) is 21.4. The van der Waals surface area contributed by atoms with Crippen LogP contribution in [0.5, 0.6) is 0 Å². The minimum absolute atomic E-state index is 0.0442. The maximum absolute atomic E-state index is 9.53. The second-order valence-corrected chi connectivity index (χ2v) is 7.13. The number of hydrogen-bond donors (Lipinski definition) is 3. The van der Waals surface area contributed by atoms with Crippen molar-refractivity contribution in [2.24, 2.45) is 0 Å². The molecule has 2 aromatic carbocycles. The monoisotopic (exact) mass is 420 g/mol. The van der Waals surface area contributed by atoms with Crippen molar-refractivity contribution in [3.8, 4) is 23.5 Å². The number of imidazole rings is 1. The molecule has 154 valence electrons. The number of aryl methyl sites for hydroxylation is 1. The number of nitrogens with two attached hydrogens (primary N) is 1. The first kappa shape index (κ1) is 19.1. The van der Waals surface area contributed by atoms with Gasteiger partial charge in [-0.2, -0.15) is 10.5 Å². The highest BCUT2D eigenvalue weighted by molar-refractivity contribution is 5.98. The molecular weight excluding hydrogens is 402 g/mol. The van der Waals surface area contributed by atoms with E-state index in [0.717, 1.165) is 22.5 Å². The van der Waals surface area contributed by atoms with E-state index in [1.165, 1.54) is 0 Å². The summed E-state index contributed by atoms with van der Waals surface area (Å²) >= 11 is 0. The van der Waals surface area contributed by atoms with Crippen LogP contribution in [0.15, 0.2) is 54.6 Å². The zero-order valence-electron chi connectivity index (χ0n) is 17.2. The fourth-order valence-corrected chi connectivity index (χ4v) is 3.90. The molecule has 5 rings (SSSR count). The highest BCUT2D eigenvalue weighted by Gasteiger charge is 2.30. The Labute approximate surface area is 183 Å². The van der Waals surface area contributed by atoms with Crippen molar-refractivity contribution >= 4 is 33.7 Å². The number of nitrogens with one attached hydrogen (secondary N) is 2. The number of para-hydroxylation sites is 3. The first-order chi connectivity index (χ1) is 15.7. The summed E-state index contributed by atoms with van der Waals surface area (Å²) in [6.45, 7) is 2.73. The zero-order valence-corrected chi connectivity index (χ0v) is 17.2. The predicted molar refractivity (Wildman–Crippen MR) is 120 cm³/mol. The van der Waals surface area contributed by atoms with Crippen LogP contribution in [0.3, 0.4) is 0 Å². The molecule has 0 fully saturated rings. The third-order valence-corrected chi connectivity index (χ3v) is 5.32. The van der Waals surface area contributed by atoms with E-state index < -0.39 is 0 Å². The van der Waals surface area contributed by atoms with Crippen LogP contribution in [-0.4, -0.2) is 19.6 Å². The molecule has 9 nitrogen and oxygen atoms in total. The molecule has 5 aromatic rings. The first-order valence-corrected chi connectivity index (χ1v) is 10.0. The van der Waals surface area contributed by atoms with Gasteiger partial charge >= 0.3 is 0 Å². The van der Waals surface area contributed by atoms with Crippen molar-refractivity contribution in [3.63, 3.8) is 0 Å². The van der Waals surface area contributed by atoms with Gasteiger partial charge in [-0.25, -0.2) is 24.2 Å². The lowest BCUT2D eigenvalue weighted by Crippen LogP contribution is -2.33. The highest BCUT2D eigenvalue weighted by Crippen LogP contribution is 2.34. The molecule has 0 saturated heterocycles. The summed E-state index contributed by atoms with van der Waals surface area (Å²) in [5, 5.41) is 19.0. The maximum atomic E-state index is 9.53. The van der Waals surface area contributed by atoms with Gasteiger partial charge in [-0.05, 0) is 31.2 Å². The van der Waals surface area contributed by atoms with E-state index in [4.69, 9.17) is 5.73 Å². The van der Waals surface area contributed by atoms with Gasteiger partial charge in [0.2, 0.25) is 0 Å². The summed E-state index contributed by atoms with van der Waals surface area (Å²) < 4.78 is 3.69. The summed E-state index contributed by atoms with van der Waals surface area (Å²) in [4.78, 5) is 12.4. The van der Waals surface area contributed by atoms with E-state index in [1.807, 2.05) is 73.7 Å². The van der Waals surface area contributed by atoms with Crippen molar-refractivity contribution < 1.29 is 4.57 Å². The van der Waals surface area contributed by atoms with E-state index in [9.17, 15) is 10.5 Å². The number of H-pyrrole nitrogens is 1. The molecule has 4 N–H and O–H groups in total. The number of benzene rings is 2. The lowest BCUT2D eigenvalue weighted by molar-refractivity contribution is -0.656. The summed E-state index contributed by atoms with van der Waals surface area (Å²) in [7, 11) is 0. The van der Waals surface area contributed by atoms with Gasteiger partial charge in [0.05, 0.1) is 12.2 Å². The van der Waals surface area contributed by atoms with Gasteiger partial charge in [0.1, 0.15) is 29.0 Å². The average molecular weight is 420 g/mol. The molecule has 0 aliphatic heterocycles. The Morgan fingerprint density at radius 2 is 1.72 bits per heavy atom. The van der Waals surface area contributed by atoms with E-state index in [1.54, 1.807) is 4.68 Å². The smallest absolute Gasteiger partial charge is 0.293 e. The normalized spacial score (nSPS) is 10.8. The van der Waals surface area contributed by atoms with Crippen molar-refractivity contribution in [3.05, 3.63) is 66.0 Å². The Morgan fingerprint density at radius 3 is 2.44 bits per heavy atom. The van der Waals surface area contributed by atoms with Crippen molar-refractivity contribution in [2.75, 3.05) is 11.2 Å². The van der Waals surface area contributed by atoms with Crippen LogP contribution in [0.25, 0.3) is 33.6 Å². The van der Waals surface area contributed by atoms with Crippen LogP contribution in [-0.2, 0) is 6.54 Å². The lowest BCUT2D eigenvalue weighted by Gasteiger charge is -2.10.